The summed E-state index contributed by atoms with van der Waals surface area (Å²) in [6.07, 6.45) is 0.694. The molecule has 0 bridgehead atoms. The lowest BCUT2D eigenvalue weighted by molar-refractivity contribution is -0.132. The van der Waals surface area contributed by atoms with Crippen molar-refractivity contribution in [2.75, 3.05) is 32.7 Å². The number of hydrogen-bond donors (Lipinski definition) is 0. The van der Waals surface area contributed by atoms with E-state index < -0.39 is 5.97 Å². The molecule has 1 aliphatic rings. The van der Waals surface area contributed by atoms with Gasteiger partial charge in [0, 0.05) is 49.5 Å². The number of carbonyl (C=O) groups is 2. The molecule has 0 aliphatic carbocycles. The molecule has 0 unspecified atom stereocenters. The van der Waals surface area contributed by atoms with Crippen molar-refractivity contribution in [3.63, 3.8) is 0 Å². The molecule has 0 atom stereocenters. The Morgan fingerprint density at radius 3 is 2.23 bits per heavy atom. The van der Waals surface area contributed by atoms with Crippen LogP contribution < -0.4 is 23.8 Å². The van der Waals surface area contributed by atoms with Gasteiger partial charge in [-0.25, -0.2) is 0 Å². The molecule has 0 amide bonds. The van der Waals surface area contributed by atoms with Crippen molar-refractivity contribution in [3.8, 4) is 23.0 Å². The zero-order chi connectivity index (χ0) is 21.6. The predicted molar refractivity (Wildman–Crippen MR) is 114 cm³/mol. The highest BCUT2D eigenvalue weighted by Gasteiger charge is 2.30. The van der Waals surface area contributed by atoms with Crippen LogP contribution in [0.1, 0.15) is 19.4 Å². The lowest BCUT2D eigenvalue weighted by Crippen LogP contribution is -2.25. The molecule has 3 aromatic rings. The quantitative estimate of drug-likeness (QED) is 0.368. The van der Waals surface area contributed by atoms with Crippen molar-refractivity contribution in [2.45, 2.75) is 20.3 Å². The van der Waals surface area contributed by atoms with Gasteiger partial charge >= 0.3 is 11.9 Å². The number of benzene rings is 3. The second kappa shape index (κ2) is 7.40. The van der Waals surface area contributed by atoms with Crippen LogP contribution in [0.3, 0.4) is 0 Å². The number of ether oxygens (including phenoxy) is 4. The molecule has 7 nitrogen and oxygen atoms in total. The summed E-state index contributed by atoms with van der Waals surface area (Å²) in [5.41, 5.74) is 1.89. The van der Waals surface area contributed by atoms with Gasteiger partial charge in [0.1, 0.15) is 5.75 Å². The molecule has 0 N–H and O–H groups in total. The van der Waals surface area contributed by atoms with Gasteiger partial charge in [-0.2, -0.15) is 0 Å². The minimum atomic E-state index is -0.418. The number of fused-ring (bicyclic) bond motifs is 2. The van der Waals surface area contributed by atoms with Crippen molar-refractivity contribution in [1.82, 2.24) is 0 Å². The average molecular weight is 409 g/mol. The fraction of sp³-hybridized carbons (Fsp3) is 0.304. The molecular formula is C23H23NO6. The van der Waals surface area contributed by atoms with E-state index in [9.17, 15) is 9.59 Å². The Bertz CT molecular complexity index is 1200. The number of rotatable bonds is 4. The fourth-order valence-electron chi connectivity index (χ4n) is 4.18. The number of likely N-dealkylation sites (N-methyl/N-ethyl adjacent to an activating group) is 1. The summed E-state index contributed by atoms with van der Waals surface area (Å²) in [5.74, 6) is 0.971. The maximum absolute atomic E-state index is 11.8. The second-order valence-electron chi connectivity index (χ2n) is 7.26. The highest BCUT2D eigenvalue weighted by Crippen LogP contribution is 2.53. The van der Waals surface area contributed by atoms with Crippen LogP contribution in [0.15, 0.2) is 24.3 Å². The molecule has 0 saturated carbocycles. The van der Waals surface area contributed by atoms with E-state index in [0.29, 0.717) is 29.4 Å². The van der Waals surface area contributed by atoms with E-state index in [4.69, 9.17) is 18.9 Å². The van der Waals surface area contributed by atoms with E-state index in [2.05, 4.69) is 11.0 Å². The zero-order valence-electron chi connectivity index (χ0n) is 17.6. The van der Waals surface area contributed by atoms with E-state index in [1.54, 1.807) is 13.2 Å². The van der Waals surface area contributed by atoms with Crippen LogP contribution >= 0.6 is 0 Å². The van der Waals surface area contributed by atoms with Crippen molar-refractivity contribution in [2.24, 2.45) is 0 Å². The third-order valence-corrected chi connectivity index (χ3v) is 5.33. The summed E-state index contributed by atoms with van der Waals surface area (Å²) in [5, 5.41) is 3.65. The Balaban J connectivity index is 2.17. The molecule has 1 heterocycles. The largest absolute Gasteiger partial charge is 0.492 e. The monoisotopic (exact) mass is 409 g/mol. The van der Waals surface area contributed by atoms with Crippen molar-refractivity contribution in [3.05, 3.63) is 29.8 Å². The van der Waals surface area contributed by atoms with Gasteiger partial charge in [-0.3, -0.25) is 9.59 Å². The molecule has 3 aromatic carbocycles. The van der Waals surface area contributed by atoms with Gasteiger partial charge in [0.2, 0.25) is 5.75 Å². The van der Waals surface area contributed by atoms with Crippen LogP contribution in [-0.4, -0.2) is 39.8 Å². The van der Waals surface area contributed by atoms with Gasteiger partial charge in [0.15, 0.2) is 11.5 Å². The molecule has 4 rings (SSSR count). The number of anilines is 1. The highest BCUT2D eigenvalue weighted by atomic mass is 16.6. The van der Waals surface area contributed by atoms with E-state index in [1.165, 1.54) is 21.0 Å². The smallest absolute Gasteiger partial charge is 0.308 e. The van der Waals surface area contributed by atoms with Gasteiger partial charge in [0.05, 0.1) is 14.2 Å². The third-order valence-electron chi connectivity index (χ3n) is 5.33. The van der Waals surface area contributed by atoms with Crippen molar-refractivity contribution < 1.29 is 28.5 Å². The molecule has 0 saturated heterocycles. The molecule has 0 aromatic heterocycles. The van der Waals surface area contributed by atoms with Crippen molar-refractivity contribution >= 4 is 39.2 Å². The number of esters is 2. The Labute approximate surface area is 174 Å². The summed E-state index contributed by atoms with van der Waals surface area (Å²) in [7, 11) is 5.11. The normalized spacial score (nSPS) is 12.8. The minimum absolute atomic E-state index is 0.374. The van der Waals surface area contributed by atoms with Crippen LogP contribution in [0.5, 0.6) is 23.0 Å². The SMILES string of the molecule is COc1c(OC(C)=O)c2c3c(cc4cc(OC(C)=O)ccc4c3c1OC)N(C)CC2. The van der Waals surface area contributed by atoms with Gasteiger partial charge in [-0.05, 0) is 41.5 Å². The average Bonchev–Trinajstić information content (AvgIpc) is 2.69. The Hall–Kier alpha value is -3.48. The van der Waals surface area contributed by atoms with E-state index >= 15 is 0 Å². The molecule has 156 valence electrons. The lowest BCUT2D eigenvalue weighted by atomic mass is 9.90. The summed E-state index contributed by atoms with van der Waals surface area (Å²) >= 11 is 0. The first kappa shape index (κ1) is 19.8. The summed E-state index contributed by atoms with van der Waals surface area (Å²) in [6.45, 7) is 3.50. The first-order valence-electron chi connectivity index (χ1n) is 9.61. The molecule has 0 spiro atoms. The minimum Gasteiger partial charge on any atom is -0.492 e. The molecule has 30 heavy (non-hydrogen) atoms. The van der Waals surface area contributed by atoms with Crippen LogP contribution in [-0.2, 0) is 16.0 Å². The van der Waals surface area contributed by atoms with Gasteiger partial charge in [-0.15, -0.1) is 0 Å². The molecule has 7 heteroatoms. The van der Waals surface area contributed by atoms with Gasteiger partial charge in [0.25, 0.3) is 0 Å². The molecular weight excluding hydrogens is 386 g/mol. The summed E-state index contributed by atoms with van der Waals surface area (Å²) in [4.78, 5) is 25.4. The van der Waals surface area contributed by atoms with Crippen LogP contribution in [0.2, 0.25) is 0 Å². The highest BCUT2D eigenvalue weighted by molar-refractivity contribution is 6.19. The van der Waals surface area contributed by atoms with Crippen LogP contribution in [0.25, 0.3) is 21.5 Å². The maximum atomic E-state index is 11.8. The first-order chi connectivity index (χ1) is 14.3. The number of carbonyl (C=O) groups excluding carboxylic acids is 2. The first-order valence-corrected chi connectivity index (χ1v) is 9.61. The third kappa shape index (κ3) is 3.07. The maximum Gasteiger partial charge on any atom is 0.308 e. The second-order valence-corrected chi connectivity index (χ2v) is 7.26. The van der Waals surface area contributed by atoms with E-state index in [0.717, 1.165) is 39.3 Å². The van der Waals surface area contributed by atoms with E-state index in [1.807, 2.05) is 19.2 Å². The fourth-order valence-corrected chi connectivity index (χ4v) is 4.18. The summed E-state index contributed by atoms with van der Waals surface area (Å²) in [6, 6.07) is 7.54. The van der Waals surface area contributed by atoms with Crippen LogP contribution in [0, 0.1) is 0 Å². The number of hydrogen-bond acceptors (Lipinski definition) is 7. The van der Waals surface area contributed by atoms with E-state index in [-0.39, 0.29) is 5.97 Å². The predicted octanol–water partition coefficient (Wildman–Crippen LogP) is 3.85. The standard InChI is InChI=1S/C23H23NO6/c1-12(25)29-15-6-7-16-14(10-15)11-18-19-17(8-9-24(18)3)21(30-13(2)26)23(28-5)22(27-4)20(16)19/h6-7,10-11H,8-9H2,1-5H3. The molecule has 0 fully saturated rings. The zero-order valence-corrected chi connectivity index (χ0v) is 17.6. The topological polar surface area (TPSA) is 74.3 Å². The Kier molecular flexibility index (Phi) is 4.89. The van der Waals surface area contributed by atoms with Gasteiger partial charge in [-0.1, -0.05) is 0 Å². The summed E-state index contributed by atoms with van der Waals surface area (Å²) < 4.78 is 22.3. The van der Waals surface area contributed by atoms with Crippen LogP contribution in [0.4, 0.5) is 5.69 Å². The number of nitrogens with zero attached hydrogens (tertiary/aromatic N) is 1. The van der Waals surface area contributed by atoms with Crippen molar-refractivity contribution in [1.29, 1.82) is 0 Å². The Morgan fingerprint density at radius 1 is 0.900 bits per heavy atom. The molecule has 0 radical (unpaired) electrons. The van der Waals surface area contributed by atoms with Gasteiger partial charge < -0.3 is 23.8 Å². The number of methoxy groups -OCH3 is 2. The molecule has 1 aliphatic heterocycles. The Morgan fingerprint density at radius 2 is 1.60 bits per heavy atom. The lowest BCUT2D eigenvalue weighted by Gasteiger charge is -2.31.